The number of nitrogens with zero attached hydrogens (tertiary/aromatic N) is 2. The Hall–Kier alpha value is -1.65. The molecule has 0 amide bonds. The van der Waals surface area contributed by atoms with Crippen LogP contribution in [0.1, 0.15) is 5.56 Å². The number of hydrogen-bond acceptors (Lipinski definition) is 4. The number of anilines is 1. The van der Waals surface area contributed by atoms with Crippen LogP contribution >= 0.6 is 22.9 Å². The lowest BCUT2D eigenvalue weighted by Gasteiger charge is -2.08. The van der Waals surface area contributed by atoms with Crippen molar-refractivity contribution < 1.29 is 0 Å². The largest absolute Gasteiger partial charge is 0.369 e. The van der Waals surface area contributed by atoms with Crippen molar-refractivity contribution in [3.05, 3.63) is 51.9 Å². The molecule has 3 aromatic rings. The molecule has 0 spiro atoms. The second-order valence-electron chi connectivity index (χ2n) is 4.17. The van der Waals surface area contributed by atoms with Crippen LogP contribution in [0.2, 0.25) is 5.28 Å². The summed E-state index contributed by atoms with van der Waals surface area (Å²) in [7, 11) is 0. The quantitative estimate of drug-likeness (QED) is 0.738. The van der Waals surface area contributed by atoms with Crippen molar-refractivity contribution in [3.63, 3.8) is 0 Å². The summed E-state index contributed by atoms with van der Waals surface area (Å²) in [5.41, 5.74) is 2.20. The topological polar surface area (TPSA) is 37.8 Å². The lowest BCUT2D eigenvalue weighted by atomic mass is 10.2. The number of aromatic nitrogens is 2. The molecular formula is C14H12ClN3S. The first-order valence-electron chi connectivity index (χ1n) is 6.00. The normalized spacial score (nSPS) is 10.8. The van der Waals surface area contributed by atoms with E-state index in [0.717, 1.165) is 29.7 Å². The Labute approximate surface area is 120 Å². The highest BCUT2D eigenvalue weighted by molar-refractivity contribution is 7.07. The zero-order valence-electron chi connectivity index (χ0n) is 10.1. The van der Waals surface area contributed by atoms with Gasteiger partial charge in [0.2, 0.25) is 5.28 Å². The van der Waals surface area contributed by atoms with E-state index < -0.39 is 0 Å². The summed E-state index contributed by atoms with van der Waals surface area (Å²) in [6.45, 7) is 0.827. The van der Waals surface area contributed by atoms with Crippen LogP contribution in [-0.4, -0.2) is 16.5 Å². The van der Waals surface area contributed by atoms with Gasteiger partial charge in [-0.15, -0.1) is 0 Å². The van der Waals surface area contributed by atoms with Crippen LogP contribution < -0.4 is 5.32 Å². The molecule has 1 N–H and O–H groups in total. The molecule has 0 radical (unpaired) electrons. The number of para-hydroxylation sites is 1. The summed E-state index contributed by atoms with van der Waals surface area (Å²) in [4.78, 5) is 8.48. The molecule has 96 valence electrons. The first kappa shape index (κ1) is 12.4. The van der Waals surface area contributed by atoms with Crippen molar-refractivity contribution >= 4 is 39.7 Å². The highest BCUT2D eigenvalue weighted by Gasteiger charge is 2.05. The van der Waals surface area contributed by atoms with Crippen LogP contribution in [-0.2, 0) is 6.42 Å². The summed E-state index contributed by atoms with van der Waals surface area (Å²) in [6, 6.07) is 9.99. The minimum Gasteiger partial charge on any atom is -0.369 e. The Morgan fingerprint density at radius 2 is 2.05 bits per heavy atom. The summed E-state index contributed by atoms with van der Waals surface area (Å²) >= 11 is 7.66. The van der Waals surface area contributed by atoms with Gasteiger partial charge in [-0.1, -0.05) is 12.1 Å². The molecule has 0 aliphatic heterocycles. The smallest absolute Gasteiger partial charge is 0.224 e. The Kier molecular flexibility index (Phi) is 3.62. The monoisotopic (exact) mass is 289 g/mol. The number of nitrogens with one attached hydrogen (secondary N) is 1. The van der Waals surface area contributed by atoms with Crippen molar-refractivity contribution in [1.29, 1.82) is 0 Å². The first-order chi connectivity index (χ1) is 9.33. The van der Waals surface area contributed by atoms with Gasteiger partial charge in [0.25, 0.3) is 0 Å². The SMILES string of the molecule is Clc1nc(NCCc2ccsc2)c2ccccc2n1. The average Bonchev–Trinajstić information content (AvgIpc) is 2.91. The number of fused-ring (bicyclic) bond motifs is 1. The van der Waals surface area contributed by atoms with Gasteiger partial charge >= 0.3 is 0 Å². The Morgan fingerprint density at radius 3 is 2.89 bits per heavy atom. The van der Waals surface area contributed by atoms with E-state index in [2.05, 4.69) is 32.1 Å². The Bertz CT molecular complexity index is 682. The van der Waals surface area contributed by atoms with E-state index in [1.54, 1.807) is 11.3 Å². The van der Waals surface area contributed by atoms with Crippen molar-refractivity contribution in [2.45, 2.75) is 6.42 Å². The van der Waals surface area contributed by atoms with E-state index in [1.165, 1.54) is 5.56 Å². The molecule has 0 aliphatic carbocycles. The third-order valence-corrected chi connectivity index (χ3v) is 3.76. The van der Waals surface area contributed by atoms with Gasteiger partial charge in [-0.2, -0.15) is 11.3 Å². The number of benzene rings is 1. The molecule has 19 heavy (non-hydrogen) atoms. The minimum atomic E-state index is 0.275. The number of thiophene rings is 1. The fourth-order valence-electron chi connectivity index (χ4n) is 1.94. The number of rotatable bonds is 4. The van der Waals surface area contributed by atoms with Gasteiger partial charge in [-0.05, 0) is 52.5 Å². The molecule has 0 unspecified atom stereocenters. The molecule has 1 aromatic carbocycles. The molecule has 0 atom stereocenters. The number of halogens is 1. The van der Waals surface area contributed by atoms with Gasteiger partial charge < -0.3 is 5.32 Å². The van der Waals surface area contributed by atoms with E-state index in [9.17, 15) is 0 Å². The Balaban J connectivity index is 1.80. The fraction of sp³-hybridized carbons (Fsp3) is 0.143. The molecule has 0 saturated carbocycles. The van der Waals surface area contributed by atoms with Gasteiger partial charge in [0.15, 0.2) is 0 Å². The van der Waals surface area contributed by atoms with Gasteiger partial charge in [0.05, 0.1) is 5.52 Å². The summed E-state index contributed by atoms with van der Waals surface area (Å²) < 4.78 is 0. The molecule has 0 aliphatic rings. The molecule has 2 aromatic heterocycles. The lowest BCUT2D eigenvalue weighted by Crippen LogP contribution is -2.07. The standard InChI is InChI=1S/C14H12ClN3S/c15-14-17-12-4-2-1-3-11(12)13(18-14)16-7-5-10-6-8-19-9-10/h1-4,6,8-9H,5,7H2,(H,16,17,18). The second kappa shape index (κ2) is 5.55. The van der Waals surface area contributed by atoms with Gasteiger partial charge in [0.1, 0.15) is 5.82 Å². The van der Waals surface area contributed by atoms with E-state index >= 15 is 0 Å². The van der Waals surface area contributed by atoms with Crippen LogP contribution in [0.4, 0.5) is 5.82 Å². The van der Waals surface area contributed by atoms with Gasteiger partial charge in [-0.25, -0.2) is 9.97 Å². The third-order valence-electron chi connectivity index (χ3n) is 2.86. The average molecular weight is 290 g/mol. The van der Waals surface area contributed by atoms with Crippen LogP contribution in [0, 0.1) is 0 Å². The van der Waals surface area contributed by atoms with Crippen molar-refractivity contribution in [1.82, 2.24) is 9.97 Å². The van der Waals surface area contributed by atoms with Gasteiger partial charge in [0, 0.05) is 11.9 Å². The van der Waals surface area contributed by atoms with Crippen LogP contribution in [0.3, 0.4) is 0 Å². The maximum absolute atomic E-state index is 5.94. The fourth-order valence-corrected chi connectivity index (χ4v) is 2.82. The second-order valence-corrected chi connectivity index (χ2v) is 5.28. The van der Waals surface area contributed by atoms with Crippen LogP contribution in [0.25, 0.3) is 10.9 Å². The van der Waals surface area contributed by atoms with E-state index in [-0.39, 0.29) is 5.28 Å². The third kappa shape index (κ3) is 2.85. The van der Waals surface area contributed by atoms with E-state index in [1.807, 2.05) is 24.3 Å². The van der Waals surface area contributed by atoms with Crippen molar-refractivity contribution in [2.75, 3.05) is 11.9 Å². The zero-order valence-corrected chi connectivity index (χ0v) is 11.7. The predicted octanol–water partition coefficient (Wildman–Crippen LogP) is 4.00. The molecule has 0 fully saturated rings. The first-order valence-corrected chi connectivity index (χ1v) is 7.32. The number of hydrogen-bond donors (Lipinski definition) is 1. The van der Waals surface area contributed by atoms with Gasteiger partial charge in [-0.3, -0.25) is 0 Å². The highest BCUT2D eigenvalue weighted by Crippen LogP contribution is 2.21. The van der Waals surface area contributed by atoms with Crippen LogP contribution in [0.15, 0.2) is 41.1 Å². The molecule has 2 heterocycles. The Morgan fingerprint density at radius 1 is 1.16 bits per heavy atom. The summed E-state index contributed by atoms with van der Waals surface area (Å²) in [5, 5.41) is 8.86. The maximum Gasteiger partial charge on any atom is 0.224 e. The predicted molar refractivity (Wildman–Crippen MR) is 81.1 cm³/mol. The maximum atomic E-state index is 5.94. The minimum absolute atomic E-state index is 0.275. The molecule has 5 heteroatoms. The molecule has 3 rings (SSSR count). The van der Waals surface area contributed by atoms with E-state index in [0.29, 0.717) is 0 Å². The molecular weight excluding hydrogens is 278 g/mol. The molecule has 0 saturated heterocycles. The van der Waals surface area contributed by atoms with Crippen molar-refractivity contribution in [2.24, 2.45) is 0 Å². The van der Waals surface area contributed by atoms with Crippen molar-refractivity contribution in [3.8, 4) is 0 Å². The van der Waals surface area contributed by atoms with Crippen LogP contribution in [0.5, 0.6) is 0 Å². The zero-order chi connectivity index (χ0) is 13.1. The molecule has 3 nitrogen and oxygen atoms in total. The molecule has 0 bridgehead atoms. The lowest BCUT2D eigenvalue weighted by molar-refractivity contribution is 1.01. The summed E-state index contributed by atoms with van der Waals surface area (Å²) in [6.07, 6.45) is 0.972. The van der Waals surface area contributed by atoms with E-state index in [4.69, 9.17) is 11.6 Å². The highest BCUT2D eigenvalue weighted by atomic mass is 35.5. The summed E-state index contributed by atoms with van der Waals surface area (Å²) in [5.74, 6) is 0.797.